The zero-order valence-corrected chi connectivity index (χ0v) is 8.99. The van der Waals surface area contributed by atoms with Crippen molar-refractivity contribution in [3.63, 3.8) is 0 Å². The highest BCUT2D eigenvalue weighted by molar-refractivity contribution is 5.51. The molecule has 0 fully saturated rings. The predicted octanol–water partition coefficient (Wildman–Crippen LogP) is 1.08. The highest BCUT2D eigenvalue weighted by Crippen LogP contribution is 2.26. The van der Waals surface area contributed by atoms with E-state index >= 15 is 0 Å². The predicted molar refractivity (Wildman–Crippen MR) is 56.4 cm³/mol. The largest absolute Gasteiger partial charge is 0.334 e. The molecule has 84 valence electrons. The quantitative estimate of drug-likeness (QED) is 0.573. The van der Waals surface area contributed by atoms with E-state index in [0.29, 0.717) is 17.9 Å². The molecule has 0 aliphatic carbocycles. The van der Waals surface area contributed by atoms with Gasteiger partial charge < -0.3 is 0 Å². The molecule has 2 heterocycles. The summed E-state index contributed by atoms with van der Waals surface area (Å²) in [7, 11) is 1.68. The molecule has 0 N–H and O–H groups in total. The minimum Gasteiger partial charge on any atom is -0.285 e. The van der Waals surface area contributed by atoms with Crippen molar-refractivity contribution in [1.82, 2.24) is 19.3 Å². The number of rotatable bonds is 3. The molecule has 2 aromatic rings. The van der Waals surface area contributed by atoms with E-state index in [1.54, 1.807) is 24.0 Å². The summed E-state index contributed by atoms with van der Waals surface area (Å²) in [4.78, 5) is 14.5. The van der Waals surface area contributed by atoms with Crippen LogP contribution in [0.3, 0.4) is 0 Å². The van der Waals surface area contributed by atoms with Gasteiger partial charge in [-0.1, -0.05) is 6.92 Å². The fraction of sp³-hybridized carbons (Fsp3) is 0.333. The third-order valence-electron chi connectivity index (χ3n) is 2.33. The fourth-order valence-electron chi connectivity index (χ4n) is 1.66. The van der Waals surface area contributed by atoms with Crippen LogP contribution in [-0.4, -0.2) is 24.3 Å². The Bertz CT molecular complexity index is 514. The van der Waals surface area contributed by atoms with Crippen molar-refractivity contribution < 1.29 is 4.92 Å². The molecule has 0 atom stereocenters. The van der Waals surface area contributed by atoms with Crippen molar-refractivity contribution in [2.45, 2.75) is 13.3 Å². The Morgan fingerprint density at radius 3 is 2.81 bits per heavy atom. The summed E-state index contributed by atoms with van der Waals surface area (Å²) in [6, 6.07) is 0. The van der Waals surface area contributed by atoms with Crippen LogP contribution in [0.5, 0.6) is 0 Å². The first-order chi connectivity index (χ1) is 7.65. The minimum atomic E-state index is -0.402. The maximum absolute atomic E-state index is 11.0. The van der Waals surface area contributed by atoms with Crippen LogP contribution in [0.15, 0.2) is 18.7 Å². The van der Waals surface area contributed by atoms with Gasteiger partial charge in [0.25, 0.3) is 0 Å². The Morgan fingerprint density at radius 1 is 1.56 bits per heavy atom. The molecule has 0 amide bonds. The van der Waals surface area contributed by atoms with Crippen LogP contribution >= 0.6 is 0 Å². The molecule has 0 bridgehead atoms. The third kappa shape index (κ3) is 1.46. The molecule has 0 unspecified atom stereocenters. The van der Waals surface area contributed by atoms with E-state index in [0.717, 1.165) is 0 Å². The lowest BCUT2D eigenvalue weighted by Crippen LogP contribution is -2.03. The summed E-state index contributed by atoms with van der Waals surface area (Å²) in [5.74, 6) is 0.430. The van der Waals surface area contributed by atoms with Crippen LogP contribution in [0, 0.1) is 10.1 Å². The van der Waals surface area contributed by atoms with E-state index in [1.165, 1.54) is 11.0 Å². The van der Waals surface area contributed by atoms with Crippen LogP contribution in [0.1, 0.15) is 12.6 Å². The molecule has 0 aliphatic rings. The standard InChI is InChI=1S/C9H11N5O2/c1-3-7-8(14(15)16)9(12(2)11-7)13-5-4-10-6-13/h4-6H,3H2,1-2H3. The van der Waals surface area contributed by atoms with Gasteiger partial charge in [0.05, 0.1) is 4.92 Å². The zero-order chi connectivity index (χ0) is 11.7. The molecule has 7 nitrogen and oxygen atoms in total. The van der Waals surface area contributed by atoms with Crippen molar-refractivity contribution in [2.75, 3.05) is 0 Å². The van der Waals surface area contributed by atoms with Crippen molar-refractivity contribution in [1.29, 1.82) is 0 Å². The highest BCUT2D eigenvalue weighted by atomic mass is 16.6. The number of nitro groups is 1. The zero-order valence-electron chi connectivity index (χ0n) is 8.99. The summed E-state index contributed by atoms with van der Waals surface area (Å²) in [5.41, 5.74) is 0.527. The molecule has 2 aromatic heterocycles. The number of aryl methyl sites for hydroxylation is 2. The summed E-state index contributed by atoms with van der Waals surface area (Å²) < 4.78 is 3.09. The normalized spacial score (nSPS) is 10.6. The molecule has 16 heavy (non-hydrogen) atoms. The van der Waals surface area contributed by atoms with E-state index in [9.17, 15) is 10.1 Å². The first-order valence-electron chi connectivity index (χ1n) is 4.83. The number of imidazole rings is 1. The molecular weight excluding hydrogens is 210 g/mol. The Balaban J connectivity index is 2.68. The van der Waals surface area contributed by atoms with E-state index in [2.05, 4.69) is 10.1 Å². The number of nitrogens with zero attached hydrogens (tertiary/aromatic N) is 5. The second-order valence-electron chi connectivity index (χ2n) is 3.32. The first kappa shape index (κ1) is 10.3. The average molecular weight is 221 g/mol. The van der Waals surface area contributed by atoms with Gasteiger partial charge in [-0.05, 0) is 6.42 Å². The summed E-state index contributed by atoms with van der Waals surface area (Å²) in [5, 5.41) is 15.2. The summed E-state index contributed by atoms with van der Waals surface area (Å²) in [6.07, 6.45) is 5.27. The van der Waals surface area contributed by atoms with Crippen LogP contribution in [0.4, 0.5) is 5.69 Å². The molecular formula is C9H11N5O2. The van der Waals surface area contributed by atoms with E-state index in [-0.39, 0.29) is 5.69 Å². The number of aromatic nitrogens is 4. The molecule has 0 aromatic carbocycles. The second kappa shape index (κ2) is 3.76. The molecule has 0 spiro atoms. The van der Waals surface area contributed by atoms with Crippen LogP contribution < -0.4 is 0 Å². The third-order valence-corrected chi connectivity index (χ3v) is 2.33. The first-order valence-corrected chi connectivity index (χ1v) is 4.83. The molecule has 2 rings (SSSR count). The van der Waals surface area contributed by atoms with Gasteiger partial charge in [0.2, 0.25) is 5.82 Å². The lowest BCUT2D eigenvalue weighted by Gasteiger charge is -2.00. The maximum Gasteiger partial charge on any atom is 0.334 e. The van der Waals surface area contributed by atoms with Gasteiger partial charge in [0.15, 0.2) is 0 Å². The summed E-state index contributed by atoms with van der Waals surface area (Å²) >= 11 is 0. The SMILES string of the molecule is CCc1nn(C)c(-n2ccnc2)c1[N+](=O)[O-]. The van der Waals surface area contributed by atoms with Crippen molar-refractivity contribution in [3.05, 3.63) is 34.5 Å². The second-order valence-corrected chi connectivity index (χ2v) is 3.32. The van der Waals surface area contributed by atoms with Gasteiger partial charge >= 0.3 is 5.69 Å². The molecule has 0 radical (unpaired) electrons. The monoisotopic (exact) mass is 221 g/mol. The van der Waals surface area contributed by atoms with Gasteiger partial charge in [-0.25, -0.2) is 9.67 Å². The van der Waals surface area contributed by atoms with Crippen molar-refractivity contribution in [2.24, 2.45) is 7.05 Å². The maximum atomic E-state index is 11.0. The molecule has 0 saturated carbocycles. The van der Waals surface area contributed by atoms with Gasteiger partial charge in [-0.2, -0.15) is 5.10 Å². The molecule has 0 aliphatic heterocycles. The van der Waals surface area contributed by atoms with Gasteiger partial charge in [0.1, 0.15) is 12.0 Å². The van der Waals surface area contributed by atoms with Crippen molar-refractivity contribution in [3.8, 4) is 5.82 Å². The summed E-state index contributed by atoms with van der Waals surface area (Å²) in [6.45, 7) is 1.84. The van der Waals surface area contributed by atoms with Crippen LogP contribution in [0.25, 0.3) is 5.82 Å². The van der Waals surface area contributed by atoms with Crippen molar-refractivity contribution >= 4 is 5.69 Å². The van der Waals surface area contributed by atoms with Crippen LogP contribution in [0.2, 0.25) is 0 Å². The fourth-order valence-corrected chi connectivity index (χ4v) is 1.66. The molecule has 7 heteroatoms. The van der Waals surface area contributed by atoms with E-state index < -0.39 is 4.92 Å². The minimum absolute atomic E-state index is 0.0444. The smallest absolute Gasteiger partial charge is 0.285 e. The molecule has 0 saturated heterocycles. The van der Waals surface area contributed by atoms with E-state index in [1.807, 2.05) is 6.92 Å². The average Bonchev–Trinajstić information content (AvgIpc) is 2.83. The number of hydrogen-bond donors (Lipinski definition) is 0. The Morgan fingerprint density at radius 2 is 2.31 bits per heavy atom. The van der Waals surface area contributed by atoms with E-state index in [4.69, 9.17) is 0 Å². The Hall–Kier alpha value is -2.18. The van der Waals surface area contributed by atoms with Crippen LogP contribution in [-0.2, 0) is 13.5 Å². The van der Waals surface area contributed by atoms with Gasteiger partial charge in [-0.15, -0.1) is 0 Å². The Labute approximate surface area is 91.5 Å². The lowest BCUT2D eigenvalue weighted by atomic mass is 10.3. The van der Waals surface area contributed by atoms with Gasteiger partial charge in [0, 0.05) is 19.4 Å². The Kier molecular flexibility index (Phi) is 2.43. The van der Waals surface area contributed by atoms with Gasteiger partial charge in [-0.3, -0.25) is 14.7 Å². The topological polar surface area (TPSA) is 78.8 Å². The highest BCUT2D eigenvalue weighted by Gasteiger charge is 2.26. The lowest BCUT2D eigenvalue weighted by molar-refractivity contribution is -0.385. The number of hydrogen-bond acceptors (Lipinski definition) is 4.